The highest BCUT2D eigenvalue weighted by Crippen LogP contribution is 2.23. The van der Waals surface area contributed by atoms with Gasteiger partial charge in [0.25, 0.3) is 0 Å². The van der Waals surface area contributed by atoms with E-state index in [0.717, 1.165) is 11.1 Å². The van der Waals surface area contributed by atoms with Crippen molar-refractivity contribution in [2.75, 3.05) is 68.5 Å². The van der Waals surface area contributed by atoms with E-state index in [1.807, 2.05) is 42.3 Å². The van der Waals surface area contributed by atoms with Crippen molar-refractivity contribution in [1.82, 2.24) is 9.44 Å². The monoisotopic (exact) mass is 738 g/mol. The number of hydrogen-bond acceptors (Lipinski definition) is 4. The van der Waals surface area contributed by atoms with Crippen molar-refractivity contribution in [2.45, 2.75) is 9.79 Å². The van der Waals surface area contributed by atoms with Crippen LogP contribution in [0.4, 0.5) is 0 Å². The van der Waals surface area contributed by atoms with E-state index in [2.05, 4.69) is 9.44 Å². The third-order valence-corrected chi connectivity index (χ3v) is 7.77. The Hall–Kier alpha value is -0.360. The summed E-state index contributed by atoms with van der Waals surface area (Å²) in [5.41, 5.74) is 1.61. The second kappa shape index (κ2) is 13.3. The molecule has 0 radical (unpaired) electrons. The normalized spacial score (nSPS) is 12.5. The lowest BCUT2D eigenvalue weighted by molar-refractivity contribution is -0.869. The van der Waals surface area contributed by atoms with Gasteiger partial charge in [-0.15, -0.1) is 0 Å². The molecule has 8 nitrogen and oxygen atoms in total. The molecule has 12 heteroatoms. The third kappa shape index (κ3) is 11.1. The van der Waals surface area contributed by atoms with Gasteiger partial charge in [0.15, 0.2) is 0 Å². The van der Waals surface area contributed by atoms with Gasteiger partial charge in [0.1, 0.15) is 0 Å². The highest BCUT2D eigenvalue weighted by atomic mass is 127. The molecule has 0 amide bonds. The Balaban J connectivity index is 0.00000544. The lowest BCUT2D eigenvalue weighted by Gasteiger charge is -2.23. The van der Waals surface area contributed by atoms with Gasteiger partial charge in [0.05, 0.1) is 78.3 Å². The Morgan fingerprint density at radius 1 is 0.559 bits per heavy atom. The number of halogens is 2. The quantitative estimate of drug-likeness (QED) is 0.180. The van der Waals surface area contributed by atoms with E-state index >= 15 is 0 Å². The molecule has 0 atom stereocenters. The summed E-state index contributed by atoms with van der Waals surface area (Å²) in [4.78, 5) is 0.395. The highest BCUT2D eigenvalue weighted by Gasteiger charge is 2.17. The Bertz CT molecular complexity index is 1020. The molecule has 0 aliphatic heterocycles. The van der Waals surface area contributed by atoms with Gasteiger partial charge < -0.3 is 56.9 Å². The summed E-state index contributed by atoms with van der Waals surface area (Å²) < 4.78 is 56.5. The number of hydrogen-bond donors (Lipinski definition) is 2. The van der Waals surface area contributed by atoms with Crippen molar-refractivity contribution in [3.63, 3.8) is 0 Å². The topological polar surface area (TPSA) is 92.3 Å². The summed E-state index contributed by atoms with van der Waals surface area (Å²) in [6, 6.07) is 13.1. The van der Waals surface area contributed by atoms with Crippen LogP contribution in [0.15, 0.2) is 58.3 Å². The highest BCUT2D eigenvalue weighted by molar-refractivity contribution is 7.89. The number of likely N-dealkylation sites (N-methyl/N-ethyl adjacent to an activating group) is 2. The first-order chi connectivity index (χ1) is 14.6. The first kappa shape index (κ1) is 33.6. The van der Waals surface area contributed by atoms with E-state index in [-0.39, 0.29) is 57.7 Å². The zero-order chi connectivity index (χ0) is 24.2. The SMILES string of the molecule is C[N+](C)(C)CCNS(=O)(=O)c1ccc(-c2ccc(S(=O)(=O)NCC[N+](C)(C)C)cc2)cc1.[I-].[I-]. The molecular weight excluding hydrogens is 702 g/mol. The lowest BCUT2D eigenvalue weighted by Crippen LogP contribution is -3.00. The van der Waals surface area contributed by atoms with Crippen molar-refractivity contribution in [3.8, 4) is 11.1 Å². The largest absolute Gasteiger partial charge is 1.00 e. The van der Waals surface area contributed by atoms with Crippen molar-refractivity contribution in [2.24, 2.45) is 0 Å². The number of nitrogens with one attached hydrogen (secondary N) is 2. The maximum Gasteiger partial charge on any atom is 0.240 e. The van der Waals surface area contributed by atoms with Crippen molar-refractivity contribution in [3.05, 3.63) is 48.5 Å². The van der Waals surface area contributed by atoms with E-state index in [4.69, 9.17) is 0 Å². The molecule has 0 fully saturated rings. The number of quaternary nitrogens is 2. The number of sulfonamides is 2. The smallest absolute Gasteiger partial charge is 0.240 e. The second-order valence-corrected chi connectivity index (χ2v) is 13.4. The zero-order valence-electron chi connectivity index (χ0n) is 20.5. The molecule has 0 aliphatic rings. The standard InChI is InChI=1S/C22H36N4O4S2.2HI/c1-25(2,3)17-15-23-31(27,28)21-11-7-19(8-12-21)20-9-13-22(14-10-20)32(29,30)24-16-18-26(4,5)6;;/h7-14,23-24H,15-18H2,1-6H3;2*1H/q+2;;/p-2. The van der Waals surface area contributed by atoms with Crippen LogP contribution in [0.1, 0.15) is 0 Å². The fourth-order valence-corrected chi connectivity index (χ4v) is 4.89. The van der Waals surface area contributed by atoms with Crippen LogP contribution in [-0.4, -0.2) is 94.3 Å². The summed E-state index contributed by atoms with van der Waals surface area (Å²) in [7, 11) is 4.85. The van der Waals surface area contributed by atoms with Crippen LogP contribution in [0.25, 0.3) is 11.1 Å². The fraction of sp³-hybridized carbons (Fsp3) is 0.455. The summed E-state index contributed by atoms with van der Waals surface area (Å²) in [5.74, 6) is 0. The maximum atomic E-state index is 12.5. The number of nitrogens with zero attached hydrogens (tertiary/aromatic N) is 2. The molecule has 0 saturated heterocycles. The number of benzene rings is 2. The molecule has 0 heterocycles. The van der Waals surface area contributed by atoms with Gasteiger partial charge in [-0.3, -0.25) is 0 Å². The molecule has 0 aliphatic carbocycles. The molecular formula is C22H36I2N4O4S2. The Morgan fingerprint density at radius 2 is 0.824 bits per heavy atom. The van der Waals surface area contributed by atoms with Gasteiger partial charge in [0, 0.05) is 0 Å². The molecule has 2 N–H and O–H groups in total. The van der Waals surface area contributed by atoms with E-state index in [9.17, 15) is 16.8 Å². The minimum absolute atomic E-state index is 0. The predicted octanol–water partition coefficient (Wildman–Crippen LogP) is -4.67. The molecule has 194 valence electrons. The molecule has 0 unspecified atom stereocenters. The lowest BCUT2D eigenvalue weighted by atomic mass is 10.1. The first-order valence-corrected chi connectivity index (χ1v) is 13.4. The van der Waals surface area contributed by atoms with Crippen LogP contribution < -0.4 is 57.4 Å². The minimum atomic E-state index is -3.58. The van der Waals surface area contributed by atoms with E-state index in [1.54, 1.807) is 48.5 Å². The van der Waals surface area contributed by atoms with Gasteiger partial charge in [0.2, 0.25) is 20.0 Å². The average molecular weight is 738 g/mol. The Kier molecular flexibility index (Phi) is 13.1. The average Bonchev–Trinajstić information content (AvgIpc) is 2.66. The summed E-state index contributed by atoms with van der Waals surface area (Å²) in [6.07, 6.45) is 0. The molecule has 0 spiro atoms. The molecule has 2 rings (SSSR count). The Morgan fingerprint density at radius 3 is 1.06 bits per heavy atom. The molecule has 2 aromatic carbocycles. The minimum Gasteiger partial charge on any atom is -1.00 e. The van der Waals surface area contributed by atoms with E-state index in [0.29, 0.717) is 35.1 Å². The number of rotatable bonds is 11. The zero-order valence-corrected chi connectivity index (χ0v) is 26.5. The van der Waals surface area contributed by atoms with E-state index in [1.165, 1.54) is 0 Å². The van der Waals surface area contributed by atoms with Crippen molar-refractivity contribution >= 4 is 20.0 Å². The third-order valence-electron chi connectivity index (χ3n) is 4.81. The van der Waals surface area contributed by atoms with Gasteiger partial charge in [-0.2, -0.15) is 0 Å². The van der Waals surface area contributed by atoms with Gasteiger partial charge in [-0.1, -0.05) is 24.3 Å². The molecule has 0 bridgehead atoms. The van der Waals surface area contributed by atoms with Crippen LogP contribution in [0.2, 0.25) is 0 Å². The maximum absolute atomic E-state index is 12.5. The van der Waals surface area contributed by atoms with Crippen molar-refractivity contribution in [1.29, 1.82) is 0 Å². The van der Waals surface area contributed by atoms with Crippen LogP contribution in [-0.2, 0) is 20.0 Å². The second-order valence-electron chi connectivity index (χ2n) is 9.87. The Labute approximate surface area is 239 Å². The van der Waals surface area contributed by atoms with E-state index < -0.39 is 20.0 Å². The molecule has 0 saturated carbocycles. The van der Waals surface area contributed by atoms with Crippen LogP contribution in [0.5, 0.6) is 0 Å². The predicted molar refractivity (Wildman–Crippen MR) is 128 cm³/mol. The first-order valence-electron chi connectivity index (χ1n) is 10.4. The fourth-order valence-electron chi connectivity index (χ4n) is 2.85. The molecule has 0 aromatic heterocycles. The molecule has 2 aromatic rings. The van der Waals surface area contributed by atoms with Crippen LogP contribution in [0, 0.1) is 0 Å². The van der Waals surface area contributed by atoms with Crippen LogP contribution >= 0.6 is 0 Å². The summed E-state index contributed by atoms with van der Waals surface area (Å²) in [6.45, 7) is 2.06. The molecule has 34 heavy (non-hydrogen) atoms. The van der Waals surface area contributed by atoms with Gasteiger partial charge >= 0.3 is 0 Å². The van der Waals surface area contributed by atoms with Crippen molar-refractivity contribution < 1.29 is 73.8 Å². The van der Waals surface area contributed by atoms with Crippen LogP contribution in [0.3, 0.4) is 0 Å². The van der Waals surface area contributed by atoms with Gasteiger partial charge in [-0.25, -0.2) is 26.3 Å². The summed E-state index contributed by atoms with van der Waals surface area (Å²) in [5, 5.41) is 0. The van der Waals surface area contributed by atoms with Gasteiger partial charge in [-0.05, 0) is 35.4 Å². The summed E-state index contributed by atoms with van der Waals surface area (Å²) >= 11 is 0.